The minimum atomic E-state index is -3.43. The molecule has 8 heteroatoms. The third-order valence-corrected chi connectivity index (χ3v) is 6.02. The van der Waals surface area contributed by atoms with Crippen LogP contribution in [-0.4, -0.2) is 41.8 Å². The van der Waals surface area contributed by atoms with Gasteiger partial charge in [0.2, 0.25) is 10.0 Å². The van der Waals surface area contributed by atoms with Gasteiger partial charge in [0.1, 0.15) is 0 Å². The number of aryl methyl sites for hydroxylation is 1. The molecule has 2 rings (SSSR count). The molecule has 1 amide bonds. The van der Waals surface area contributed by atoms with E-state index < -0.39 is 10.0 Å². The zero-order valence-electron chi connectivity index (χ0n) is 17.6. The molecule has 0 saturated heterocycles. The van der Waals surface area contributed by atoms with Crippen LogP contribution in [0.15, 0.2) is 36.4 Å². The molecule has 0 unspecified atom stereocenters. The van der Waals surface area contributed by atoms with E-state index in [1.165, 1.54) is 11.4 Å². The Bertz CT molecular complexity index is 989. The molecular weight excluding hydrogens is 392 g/mol. The fourth-order valence-corrected chi connectivity index (χ4v) is 3.55. The molecule has 0 saturated carbocycles. The Balaban J connectivity index is 2.31. The molecule has 0 aliphatic rings. The second kappa shape index (κ2) is 9.17. The van der Waals surface area contributed by atoms with Gasteiger partial charge >= 0.3 is 0 Å². The second-order valence-electron chi connectivity index (χ2n) is 6.78. The molecule has 0 radical (unpaired) electrons. The molecule has 0 aromatic heterocycles. The maximum atomic E-state index is 12.9. The van der Waals surface area contributed by atoms with Crippen molar-refractivity contribution >= 4 is 21.6 Å². The molecule has 2 aromatic rings. The summed E-state index contributed by atoms with van der Waals surface area (Å²) in [6, 6.07) is 10.3. The molecular formula is C21H28N2O5S. The smallest absolute Gasteiger partial charge is 0.251 e. The average molecular weight is 421 g/mol. The SMILES string of the molecule is CC[C@@H](NC(=O)c1ccc(C)c(N(C)S(C)(=O)=O)c1)c1ccc(OC)c(OC)c1. The summed E-state index contributed by atoms with van der Waals surface area (Å²) in [6.45, 7) is 3.77. The zero-order valence-corrected chi connectivity index (χ0v) is 18.5. The van der Waals surface area contributed by atoms with Crippen molar-refractivity contribution in [3.63, 3.8) is 0 Å². The highest BCUT2D eigenvalue weighted by molar-refractivity contribution is 7.92. The van der Waals surface area contributed by atoms with Crippen molar-refractivity contribution in [2.45, 2.75) is 26.3 Å². The Morgan fingerprint density at radius 1 is 1.10 bits per heavy atom. The molecule has 1 atom stereocenters. The summed E-state index contributed by atoms with van der Waals surface area (Å²) < 4.78 is 35.6. The van der Waals surface area contributed by atoms with Crippen LogP contribution in [0.2, 0.25) is 0 Å². The molecule has 0 spiro atoms. The van der Waals surface area contributed by atoms with Crippen molar-refractivity contribution in [3.8, 4) is 11.5 Å². The number of amides is 1. The Kier molecular flexibility index (Phi) is 7.13. The molecule has 0 aliphatic carbocycles. The first-order valence-corrected chi connectivity index (χ1v) is 11.0. The van der Waals surface area contributed by atoms with E-state index in [0.717, 1.165) is 17.4 Å². The van der Waals surface area contributed by atoms with E-state index in [1.54, 1.807) is 45.4 Å². The molecule has 2 aromatic carbocycles. The second-order valence-corrected chi connectivity index (χ2v) is 8.79. The fraction of sp³-hybridized carbons (Fsp3) is 0.381. The van der Waals surface area contributed by atoms with Crippen molar-refractivity contribution in [1.82, 2.24) is 5.32 Å². The summed E-state index contributed by atoms with van der Waals surface area (Å²) in [5.41, 5.74) is 2.51. The largest absolute Gasteiger partial charge is 0.493 e. The quantitative estimate of drug-likeness (QED) is 0.708. The predicted octanol–water partition coefficient (Wildman–Crippen LogP) is 3.29. The van der Waals surface area contributed by atoms with Gasteiger partial charge in [-0.3, -0.25) is 9.10 Å². The molecule has 1 N–H and O–H groups in total. The van der Waals surface area contributed by atoms with Crippen molar-refractivity contribution in [3.05, 3.63) is 53.1 Å². The number of nitrogens with one attached hydrogen (secondary N) is 1. The lowest BCUT2D eigenvalue weighted by Gasteiger charge is -2.21. The first kappa shape index (κ1) is 22.5. The zero-order chi connectivity index (χ0) is 21.8. The summed E-state index contributed by atoms with van der Waals surface area (Å²) >= 11 is 0. The molecule has 0 aliphatic heterocycles. The first-order chi connectivity index (χ1) is 13.6. The topological polar surface area (TPSA) is 84.9 Å². The Hall–Kier alpha value is -2.74. The van der Waals surface area contributed by atoms with Gasteiger partial charge in [-0.15, -0.1) is 0 Å². The first-order valence-electron chi connectivity index (χ1n) is 9.19. The average Bonchev–Trinajstić information content (AvgIpc) is 2.70. The van der Waals surface area contributed by atoms with Crippen LogP contribution in [0.3, 0.4) is 0 Å². The van der Waals surface area contributed by atoms with E-state index in [1.807, 2.05) is 19.1 Å². The van der Waals surface area contributed by atoms with Gasteiger partial charge in [-0.1, -0.05) is 19.1 Å². The number of methoxy groups -OCH3 is 2. The summed E-state index contributed by atoms with van der Waals surface area (Å²) in [6.07, 6.45) is 1.80. The number of ether oxygens (including phenoxy) is 2. The molecule has 0 bridgehead atoms. The minimum Gasteiger partial charge on any atom is -0.493 e. The highest BCUT2D eigenvalue weighted by Crippen LogP contribution is 2.31. The van der Waals surface area contributed by atoms with Gasteiger partial charge in [0, 0.05) is 12.6 Å². The van der Waals surface area contributed by atoms with E-state index in [0.29, 0.717) is 29.2 Å². The van der Waals surface area contributed by atoms with Crippen LogP contribution in [-0.2, 0) is 10.0 Å². The van der Waals surface area contributed by atoms with Gasteiger partial charge in [0.25, 0.3) is 5.91 Å². The molecule has 0 fully saturated rings. The third-order valence-electron chi connectivity index (χ3n) is 4.83. The van der Waals surface area contributed by atoms with E-state index in [2.05, 4.69) is 5.32 Å². The maximum Gasteiger partial charge on any atom is 0.251 e. The number of carbonyl (C=O) groups excluding carboxylic acids is 1. The van der Waals surface area contributed by atoms with Crippen LogP contribution in [0.5, 0.6) is 11.5 Å². The summed E-state index contributed by atoms with van der Waals surface area (Å²) in [4.78, 5) is 12.9. The van der Waals surface area contributed by atoms with E-state index >= 15 is 0 Å². The lowest BCUT2D eigenvalue weighted by molar-refractivity contribution is 0.0935. The molecule has 0 heterocycles. The van der Waals surface area contributed by atoms with Crippen LogP contribution in [0.25, 0.3) is 0 Å². The van der Waals surface area contributed by atoms with Gasteiger partial charge in [-0.05, 0) is 48.7 Å². The summed E-state index contributed by atoms with van der Waals surface area (Å²) in [7, 11) is 1.17. The number of hydrogen-bond acceptors (Lipinski definition) is 5. The van der Waals surface area contributed by atoms with E-state index in [4.69, 9.17) is 9.47 Å². The molecule has 158 valence electrons. The van der Waals surface area contributed by atoms with Crippen molar-refractivity contribution in [1.29, 1.82) is 0 Å². The number of carbonyl (C=O) groups is 1. The van der Waals surface area contributed by atoms with E-state index in [9.17, 15) is 13.2 Å². The maximum absolute atomic E-state index is 12.9. The van der Waals surface area contributed by atoms with Crippen LogP contribution in [0, 0.1) is 6.92 Å². The lowest BCUT2D eigenvalue weighted by atomic mass is 10.0. The third kappa shape index (κ3) is 5.20. The van der Waals surface area contributed by atoms with Gasteiger partial charge in [-0.2, -0.15) is 0 Å². The predicted molar refractivity (Wildman–Crippen MR) is 114 cm³/mol. The fourth-order valence-electron chi connectivity index (χ4n) is 3.00. The Morgan fingerprint density at radius 2 is 1.76 bits per heavy atom. The highest BCUT2D eigenvalue weighted by Gasteiger charge is 2.19. The monoisotopic (exact) mass is 420 g/mol. The van der Waals surface area contributed by atoms with Crippen LogP contribution in [0.4, 0.5) is 5.69 Å². The van der Waals surface area contributed by atoms with Crippen molar-refractivity contribution in [2.24, 2.45) is 0 Å². The van der Waals surface area contributed by atoms with Gasteiger partial charge < -0.3 is 14.8 Å². The number of anilines is 1. The van der Waals surface area contributed by atoms with Crippen molar-refractivity contribution in [2.75, 3.05) is 31.8 Å². The number of hydrogen-bond donors (Lipinski definition) is 1. The Morgan fingerprint density at radius 3 is 2.31 bits per heavy atom. The van der Waals surface area contributed by atoms with Crippen LogP contribution in [0.1, 0.15) is 40.9 Å². The molecule has 7 nitrogen and oxygen atoms in total. The number of nitrogens with zero attached hydrogens (tertiary/aromatic N) is 1. The standard InChI is InChI=1S/C21H28N2O5S/c1-7-17(15-10-11-19(27-4)20(13-15)28-5)22-21(24)16-9-8-14(2)18(12-16)23(3)29(6,25)26/h8-13,17H,7H2,1-6H3,(H,22,24)/t17-/m1/s1. The van der Waals surface area contributed by atoms with Gasteiger partial charge in [0.05, 0.1) is 32.2 Å². The summed E-state index contributed by atoms with van der Waals surface area (Å²) in [5, 5.41) is 3.01. The number of sulfonamides is 1. The van der Waals surface area contributed by atoms with Gasteiger partial charge in [0.15, 0.2) is 11.5 Å². The van der Waals surface area contributed by atoms with E-state index in [-0.39, 0.29) is 11.9 Å². The lowest BCUT2D eigenvalue weighted by Crippen LogP contribution is -2.29. The Labute approximate surface area is 172 Å². The number of rotatable bonds is 8. The highest BCUT2D eigenvalue weighted by atomic mass is 32.2. The van der Waals surface area contributed by atoms with Crippen molar-refractivity contribution < 1.29 is 22.7 Å². The normalized spacial score (nSPS) is 12.2. The summed E-state index contributed by atoms with van der Waals surface area (Å²) in [5.74, 6) is 0.921. The van der Waals surface area contributed by atoms with Crippen LogP contribution >= 0.6 is 0 Å². The number of benzene rings is 2. The molecule has 29 heavy (non-hydrogen) atoms. The minimum absolute atomic E-state index is 0.236. The van der Waals surface area contributed by atoms with Gasteiger partial charge in [-0.25, -0.2) is 8.42 Å². The van der Waals surface area contributed by atoms with Crippen LogP contribution < -0.4 is 19.1 Å².